The number of hydrogen-bond donors (Lipinski definition) is 0. The maximum atomic E-state index is 6.56. The highest BCUT2D eigenvalue weighted by molar-refractivity contribution is 7.25. The molecule has 0 unspecified atom stereocenters. The molecule has 0 amide bonds. The Labute approximate surface area is 368 Å². The van der Waals surface area contributed by atoms with Gasteiger partial charge in [0.25, 0.3) is 0 Å². The fraction of sp³-hybridized carbons (Fsp3) is 0. The van der Waals surface area contributed by atoms with Crippen molar-refractivity contribution in [3.05, 3.63) is 224 Å². The first-order chi connectivity index (χ1) is 31.2. The van der Waals surface area contributed by atoms with Crippen molar-refractivity contribution in [2.75, 3.05) is 4.90 Å². The van der Waals surface area contributed by atoms with Crippen molar-refractivity contribution in [2.45, 2.75) is 0 Å². The molecule has 2 nitrogen and oxygen atoms in total. The quantitative estimate of drug-likeness (QED) is 0.166. The maximum Gasteiger partial charge on any atom is 0.136 e. The Morgan fingerprint density at radius 1 is 0.302 bits per heavy atom. The van der Waals surface area contributed by atoms with Crippen molar-refractivity contribution >= 4 is 103 Å². The highest BCUT2D eigenvalue weighted by Crippen LogP contribution is 2.46. The van der Waals surface area contributed by atoms with Crippen molar-refractivity contribution in [1.29, 1.82) is 0 Å². The molecule has 63 heavy (non-hydrogen) atoms. The van der Waals surface area contributed by atoms with Gasteiger partial charge in [0.15, 0.2) is 0 Å². The number of nitrogens with zero attached hydrogens (tertiary/aromatic N) is 1. The SMILES string of the molecule is c1cc(-c2cccc3ccccc23)cc(N(c2cc(-c3ccc4sc5ccccc5c4c3)cc(-c3cccc4ccccc34)c2)c2ccc3oc4ccc5ccccc5c4c3c2)c1. The molecule has 3 heteroatoms. The Morgan fingerprint density at radius 3 is 1.68 bits per heavy atom. The van der Waals surface area contributed by atoms with Crippen molar-refractivity contribution in [3.8, 4) is 33.4 Å². The summed E-state index contributed by atoms with van der Waals surface area (Å²) in [6.45, 7) is 0. The summed E-state index contributed by atoms with van der Waals surface area (Å²) < 4.78 is 9.16. The molecule has 2 heterocycles. The summed E-state index contributed by atoms with van der Waals surface area (Å²) in [5.41, 5.74) is 12.0. The molecule has 0 N–H and O–H groups in total. The molecule has 0 saturated heterocycles. The molecule has 13 rings (SSSR count). The smallest absolute Gasteiger partial charge is 0.136 e. The molecule has 0 atom stereocenters. The molecule has 0 saturated carbocycles. The van der Waals surface area contributed by atoms with E-state index in [9.17, 15) is 0 Å². The first-order valence-corrected chi connectivity index (χ1v) is 22.3. The number of rotatable bonds is 6. The van der Waals surface area contributed by atoms with E-state index in [0.29, 0.717) is 0 Å². The van der Waals surface area contributed by atoms with Crippen LogP contribution in [0.2, 0.25) is 0 Å². The Morgan fingerprint density at radius 2 is 0.889 bits per heavy atom. The van der Waals surface area contributed by atoms with Crippen molar-refractivity contribution in [2.24, 2.45) is 0 Å². The first kappa shape index (κ1) is 35.7. The first-order valence-electron chi connectivity index (χ1n) is 21.5. The van der Waals surface area contributed by atoms with Gasteiger partial charge in [0, 0.05) is 48.0 Å². The standard InChI is InChI=1S/C60H37NOS/c1-4-19-48-38(12-1)15-10-23-50(48)42-17-9-18-45(33-42)61(46-28-30-56-55(37-46)60-52-21-6-3-14-40(52)26-29-57(60)62-56)47-34-43(32-44(35-47)51-24-11-16-39-13-2-5-20-49(39)51)41-27-31-59-54(36-41)53-22-7-8-25-58(53)63-59/h1-37H. The molecule has 0 fully saturated rings. The molecule has 2 aromatic heterocycles. The zero-order chi connectivity index (χ0) is 41.4. The molecule has 13 aromatic rings. The third-order valence-corrected chi connectivity index (χ3v) is 13.9. The second kappa shape index (κ2) is 14.3. The monoisotopic (exact) mass is 819 g/mol. The van der Waals surface area contributed by atoms with Gasteiger partial charge in [-0.2, -0.15) is 0 Å². The molecule has 0 radical (unpaired) electrons. The highest BCUT2D eigenvalue weighted by Gasteiger charge is 2.20. The van der Waals surface area contributed by atoms with Crippen molar-refractivity contribution in [1.82, 2.24) is 0 Å². The number of anilines is 3. The van der Waals surface area contributed by atoms with Gasteiger partial charge in [-0.25, -0.2) is 0 Å². The lowest BCUT2D eigenvalue weighted by molar-refractivity contribution is 0.669. The van der Waals surface area contributed by atoms with Gasteiger partial charge < -0.3 is 9.32 Å². The summed E-state index contributed by atoms with van der Waals surface area (Å²) in [6.07, 6.45) is 0. The van der Waals surface area contributed by atoms with Gasteiger partial charge in [-0.15, -0.1) is 11.3 Å². The highest BCUT2D eigenvalue weighted by atomic mass is 32.1. The van der Waals surface area contributed by atoms with Crippen LogP contribution in [0.3, 0.4) is 0 Å². The largest absolute Gasteiger partial charge is 0.456 e. The average molecular weight is 820 g/mol. The Balaban J connectivity index is 1.09. The second-order valence-corrected chi connectivity index (χ2v) is 17.5. The summed E-state index contributed by atoms with van der Waals surface area (Å²) in [5.74, 6) is 0. The topological polar surface area (TPSA) is 16.4 Å². The van der Waals surface area contributed by atoms with Gasteiger partial charge in [0.2, 0.25) is 0 Å². The Kier molecular flexibility index (Phi) is 8.12. The average Bonchev–Trinajstić information content (AvgIpc) is 3.92. The zero-order valence-electron chi connectivity index (χ0n) is 34.1. The number of fused-ring (bicyclic) bond motifs is 10. The number of thiophene rings is 1. The Hall–Kier alpha value is -7.98. The van der Waals surface area contributed by atoms with E-state index in [4.69, 9.17) is 4.42 Å². The van der Waals surface area contributed by atoms with E-state index in [2.05, 4.69) is 229 Å². The van der Waals surface area contributed by atoms with Gasteiger partial charge >= 0.3 is 0 Å². The van der Waals surface area contributed by atoms with Crippen LogP contribution in [0, 0.1) is 0 Å². The normalized spacial score (nSPS) is 11.8. The summed E-state index contributed by atoms with van der Waals surface area (Å²) in [4.78, 5) is 2.44. The van der Waals surface area contributed by atoms with E-state index in [0.717, 1.165) is 55.7 Å². The lowest BCUT2D eigenvalue weighted by atomic mass is 9.93. The van der Waals surface area contributed by atoms with Crippen LogP contribution in [-0.4, -0.2) is 0 Å². The van der Waals surface area contributed by atoms with Crippen LogP contribution >= 0.6 is 11.3 Å². The van der Waals surface area contributed by atoms with Crippen LogP contribution in [0.4, 0.5) is 17.1 Å². The molecule has 0 aliphatic rings. The third-order valence-electron chi connectivity index (χ3n) is 12.8. The van der Waals surface area contributed by atoms with E-state index in [1.165, 1.54) is 69.2 Å². The van der Waals surface area contributed by atoms with E-state index >= 15 is 0 Å². The summed E-state index contributed by atoms with van der Waals surface area (Å²) in [5, 5.41) is 12.1. The molecular formula is C60H37NOS. The zero-order valence-corrected chi connectivity index (χ0v) is 34.9. The van der Waals surface area contributed by atoms with Gasteiger partial charge in [-0.05, 0) is 138 Å². The summed E-state index contributed by atoms with van der Waals surface area (Å²) >= 11 is 1.86. The fourth-order valence-corrected chi connectivity index (χ4v) is 10.9. The lowest BCUT2D eigenvalue weighted by Gasteiger charge is -2.27. The van der Waals surface area contributed by atoms with Crippen molar-refractivity contribution in [3.63, 3.8) is 0 Å². The lowest BCUT2D eigenvalue weighted by Crippen LogP contribution is -2.10. The minimum absolute atomic E-state index is 0.871. The van der Waals surface area contributed by atoms with E-state index in [1.807, 2.05) is 11.3 Å². The van der Waals surface area contributed by atoms with Gasteiger partial charge in [0.05, 0.1) is 0 Å². The summed E-state index contributed by atoms with van der Waals surface area (Å²) in [7, 11) is 0. The van der Waals surface area contributed by atoms with Gasteiger partial charge in [-0.1, -0.05) is 152 Å². The predicted octanol–water partition coefficient (Wildman–Crippen LogP) is 17.9. The van der Waals surface area contributed by atoms with Crippen LogP contribution in [0.5, 0.6) is 0 Å². The van der Waals surface area contributed by atoms with Crippen LogP contribution in [0.25, 0.3) is 108 Å². The third kappa shape index (κ3) is 5.93. The molecular weight excluding hydrogens is 783 g/mol. The van der Waals surface area contributed by atoms with Crippen LogP contribution in [0.1, 0.15) is 0 Å². The van der Waals surface area contributed by atoms with Gasteiger partial charge in [-0.3, -0.25) is 0 Å². The van der Waals surface area contributed by atoms with Crippen molar-refractivity contribution < 1.29 is 4.42 Å². The molecule has 11 aromatic carbocycles. The maximum absolute atomic E-state index is 6.56. The van der Waals surface area contributed by atoms with Gasteiger partial charge in [0.1, 0.15) is 11.2 Å². The second-order valence-electron chi connectivity index (χ2n) is 16.5. The molecule has 0 spiro atoms. The summed E-state index contributed by atoms with van der Waals surface area (Å²) in [6, 6.07) is 82.1. The number of hydrogen-bond acceptors (Lipinski definition) is 3. The molecule has 0 bridgehead atoms. The van der Waals surface area contributed by atoms with Crippen LogP contribution < -0.4 is 4.90 Å². The van der Waals surface area contributed by atoms with E-state index in [1.54, 1.807) is 0 Å². The fourth-order valence-electron chi connectivity index (χ4n) is 9.86. The van der Waals surface area contributed by atoms with E-state index in [-0.39, 0.29) is 0 Å². The van der Waals surface area contributed by atoms with Crippen LogP contribution in [0.15, 0.2) is 229 Å². The minimum Gasteiger partial charge on any atom is -0.456 e. The molecule has 0 aliphatic carbocycles. The molecule has 0 aliphatic heterocycles. The molecule has 294 valence electrons. The Bertz CT molecular complexity index is 3940. The van der Waals surface area contributed by atoms with Crippen LogP contribution in [-0.2, 0) is 0 Å². The number of furan rings is 1. The van der Waals surface area contributed by atoms with E-state index < -0.39 is 0 Å². The predicted molar refractivity (Wildman–Crippen MR) is 270 cm³/mol. The number of benzene rings is 11. The minimum atomic E-state index is 0.871.